The van der Waals surface area contributed by atoms with Gasteiger partial charge in [0, 0.05) is 36.4 Å². The highest BCUT2D eigenvalue weighted by Gasteiger charge is 2.28. The molecule has 0 unspecified atom stereocenters. The molecule has 2 aromatic rings. The van der Waals surface area contributed by atoms with Gasteiger partial charge in [-0.1, -0.05) is 51.1 Å². The van der Waals surface area contributed by atoms with Gasteiger partial charge in [0.15, 0.2) is 0 Å². The summed E-state index contributed by atoms with van der Waals surface area (Å²) in [6.07, 6.45) is 1.77. The fraction of sp³-hybridized carbons (Fsp3) is 0.481. The summed E-state index contributed by atoms with van der Waals surface area (Å²) in [5, 5.41) is 17.4. The average molecular weight is 452 g/mol. The lowest BCUT2D eigenvalue weighted by Gasteiger charge is -2.30. The molecule has 1 aliphatic heterocycles. The monoisotopic (exact) mass is 451 g/mol. The van der Waals surface area contributed by atoms with E-state index in [1.54, 1.807) is 17.0 Å². The number of nitrogens with one attached hydrogen (secondary N) is 2. The predicted octanol–water partition coefficient (Wildman–Crippen LogP) is 4.38. The van der Waals surface area contributed by atoms with Crippen LogP contribution in [-0.4, -0.2) is 42.2 Å². The zero-order valence-corrected chi connectivity index (χ0v) is 20.2. The summed E-state index contributed by atoms with van der Waals surface area (Å²) < 4.78 is 0. The number of anilines is 2. The third-order valence-corrected chi connectivity index (χ3v) is 5.85. The molecule has 3 rings (SSSR count). The average Bonchev–Trinajstić information content (AvgIpc) is 3.18. The van der Waals surface area contributed by atoms with Crippen LogP contribution in [0.25, 0.3) is 0 Å². The maximum absolute atomic E-state index is 13.4. The molecule has 33 heavy (non-hydrogen) atoms. The molecular weight excluding hydrogens is 414 g/mol. The SMILES string of the molecule is CCNc1cc(C(=O)N[C@@H](Cc2ccccc2)[C@H](O)CC(C)(C)C)cc(N2CCCC2=O)c1. The van der Waals surface area contributed by atoms with Gasteiger partial charge in [-0.15, -0.1) is 0 Å². The Bertz CT molecular complexity index is 953. The van der Waals surface area contributed by atoms with Crippen molar-refractivity contribution in [2.45, 2.75) is 65.5 Å². The van der Waals surface area contributed by atoms with E-state index in [0.29, 0.717) is 37.9 Å². The number of nitrogens with zero attached hydrogens (tertiary/aromatic N) is 1. The number of carbonyl (C=O) groups is 2. The second-order valence-corrected chi connectivity index (χ2v) is 10.0. The maximum atomic E-state index is 13.4. The number of hydrogen-bond acceptors (Lipinski definition) is 4. The fourth-order valence-corrected chi connectivity index (χ4v) is 4.30. The van der Waals surface area contributed by atoms with Gasteiger partial charge in [-0.3, -0.25) is 9.59 Å². The molecule has 0 radical (unpaired) electrons. The second kappa shape index (κ2) is 10.8. The molecule has 2 amide bonds. The highest BCUT2D eigenvalue weighted by molar-refractivity contribution is 6.00. The van der Waals surface area contributed by atoms with E-state index in [4.69, 9.17) is 0 Å². The lowest BCUT2D eigenvalue weighted by molar-refractivity contribution is -0.117. The van der Waals surface area contributed by atoms with E-state index in [2.05, 4.69) is 31.4 Å². The quantitative estimate of drug-likeness (QED) is 0.528. The van der Waals surface area contributed by atoms with Crippen molar-refractivity contribution in [3.05, 3.63) is 59.7 Å². The first-order valence-electron chi connectivity index (χ1n) is 11.9. The van der Waals surface area contributed by atoms with Crippen molar-refractivity contribution < 1.29 is 14.7 Å². The summed E-state index contributed by atoms with van der Waals surface area (Å²) >= 11 is 0. The normalized spacial score (nSPS) is 15.9. The Hall–Kier alpha value is -2.86. The summed E-state index contributed by atoms with van der Waals surface area (Å²) in [4.78, 5) is 27.4. The molecule has 0 spiro atoms. The van der Waals surface area contributed by atoms with E-state index in [9.17, 15) is 14.7 Å². The van der Waals surface area contributed by atoms with Crippen LogP contribution in [-0.2, 0) is 11.2 Å². The topological polar surface area (TPSA) is 81.7 Å². The molecule has 0 aromatic heterocycles. The molecule has 6 nitrogen and oxygen atoms in total. The molecule has 1 aliphatic rings. The first-order valence-corrected chi connectivity index (χ1v) is 11.9. The maximum Gasteiger partial charge on any atom is 0.251 e. The van der Waals surface area contributed by atoms with E-state index in [0.717, 1.165) is 23.4 Å². The van der Waals surface area contributed by atoms with E-state index >= 15 is 0 Å². The second-order valence-electron chi connectivity index (χ2n) is 10.0. The third-order valence-electron chi connectivity index (χ3n) is 5.85. The lowest BCUT2D eigenvalue weighted by atomic mass is 9.85. The molecule has 0 saturated carbocycles. The molecule has 3 N–H and O–H groups in total. The Kier molecular flexibility index (Phi) is 8.14. The van der Waals surface area contributed by atoms with Crippen LogP contribution < -0.4 is 15.5 Å². The van der Waals surface area contributed by atoms with Crippen LogP contribution >= 0.6 is 0 Å². The highest BCUT2D eigenvalue weighted by Crippen LogP contribution is 2.27. The zero-order chi connectivity index (χ0) is 24.0. The summed E-state index contributed by atoms with van der Waals surface area (Å²) in [5.41, 5.74) is 2.99. The van der Waals surface area contributed by atoms with Crippen LogP contribution in [0, 0.1) is 5.41 Å². The molecule has 1 saturated heterocycles. The molecule has 178 valence electrons. The largest absolute Gasteiger partial charge is 0.391 e. The van der Waals surface area contributed by atoms with E-state index in [1.807, 2.05) is 43.3 Å². The van der Waals surface area contributed by atoms with Gasteiger partial charge in [-0.05, 0) is 55.4 Å². The van der Waals surface area contributed by atoms with Crippen molar-refractivity contribution in [2.24, 2.45) is 5.41 Å². The number of amides is 2. The number of rotatable bonds is 9. The summed E-state index contributed by atoms with van der Waals surface area (Å²) in [7, 11) is 0. The van der Waals surface area contributed by atoms with Crippen LogP contribution in [0.15, 0.2) is 48.5 Å². The first kappa shape index (κ1) is 24.8. The van der Waals surface area contributed by atoms with Gasteiger partial charge in [0.25, 0.3) is 5.91 Å². The van der Waals surface area contributed by atoms with Crippen LogP contribution in [0.2, 0.25) is 0 Å². The fourth-order valence-electron chi connectivity index (χ4n) is 4.30. The number of hydrogen-bond donors (Lipinski definition) is 3. The Morgan fingerprint density at radius 3 is 2.48 bits per heavy atom. The predicted molar refractivity (Wildman–Crippen MR) is 134 cm³/mol. The van der Waals surface area contributed by atoms with Gasteiger partial charge < -0.3 is 20.6 Å². The van der Waals surface area contributed by atoms with Crippen molar-refractivity contribution >= 4 is 23.2 Å². The Morgan fingerprint density at radius 1 is 1.15 bits per heavy atom. The van der Waals surface area contributed by atoms with Gasteiger partial charge in [0.05, 0.1) is 12.1 Å². The molecule has 0 aliphatic carbocycles. The van der Waals surface area contributed by atoms with Crippen LogP contribution in [0.4, 0.5) is 11.4 Å². The molecular formula is C27H37N3O3. The van der Waals surface area contributed by atoms with Gasteiger partial charge in [-0.2, -0.15) is 0 Å². The van der Waals surface area contributed by atoms with Crippen molar-refractivity contribution in [1.29, 1.82) is 0 Å². The van der Waals surface area contributed by atoms with Crippen molar-refractivity contribution in [3.63, 3.8) is 0 Å². The molecule has 2 atom stereocenters. The highest BCUT2D eigenvalue weighted by atomic mass is 16.3. The van der Waals surface area contributed by atoms with E-state index < -0.39 is 12.1 Å². The third kappa shape index (κ3) is 7.06. The minimum Gasteiger partial charge on any atom is -0.391 e. The summed E-state index contributed by atoms with van der Waals surface area (Å²) in [6, 6.07) is 15.0. The Labute approximate surface area is 197 Å². The minimum atomic E-state index is -0.689. The lowest BCUT2D eigenvalue weighted by Crippen LogP contribution is -2.46. The Morgan fingerprint density at radius 2 is 1.88 bits per heavy atom. The number of aliphatic hydroxyl groups is 1. The van der Waals surface area contributed by atoms with Crippen LogP contribution in [0.5, 0.6) is 0 Å². The van der Waals surface area contributed by atoms with Gasteiger partial charge in [0.1, 0.15) is 0 Å². The molecule has 1 heterocycles. The summed E-state index contributed by atoms with van der Waals surface area (Å²) in [6.45, 7) is 9.60. The van der Waals surface area contributed by atoms with Crippen molar-refractivity contribution in [1.82, 2.24) is 5.32 Å². The number of benzene rings is 2. The van der Waals surface area contributed by atoms with E-state index in [1.165, 1.54) is 0 Å². The van der Waals surface area contributed by atoms with Gasteiger partial charge in [-0.25, -0.2) is 0 Å². The van der Waals surface area contributed by atoms with Crippen LogP contribution in [0.1, 0.15) is 62.9 Å². The Balaban J connectivity index is 1.86. The van der Waals surface area contributed by atoms with Crippen LogP contribution in [0.3, 0.4) is 0 Å². The smallest absolute Gasteiger partial charge is 0.251 e. The van der Waals surface area contributed by atoms with Gasteiger partial charge >= 0.3 is 0 Å². The molecule has 0 bridgehead atoms. The number of carbonyl (C=O) groups excluding carboxylic acids is 2. The molecule has 1 fully saturated rings. The van der Waals surface area contributed by atoms with Crippen molar-refractivity contribution in [3.8, 4) is 0 Å². The summed E-state index contributed by atoms with van der Waals surface area (Å²) in [5.74, 6) is -0.172. The molecule has 6 heteroatoms. The molecule has 2 aromatic carbocycles. The van der Waals surface area contributed by atoms with Gasteiger partial charge in [0.2, 0.25) is 5.91 Å². The number of aliphatic hydroxyl groups excluding tert-OH is 1. The van der Waals surface area contributed by atoms with Crippen molar-refractivity contribution in [2.75, 3.05) is 23.3 Å². The zero-order valence-electron chi connectivity index (χ0n) is 20.2. The minimum absolute atomic E-state index is 0.0761. The standard InChI is InChI=1S/C27H37N3O3/c1-5-28-21-15-20(16-22(17-21)30-13-9-12-25(30)32)26(33)29-23(24(31)18-27(2,3)4)14-19-10-7-6-8-11-19/h6-8,10-11,15-17,23-24,28,31H,5,9,12-14,18H2,1-4H3,(H,29,33)/t23-,24+/m0/s1. The van der Waals surface area contributed by atoms with E-state index in [-0.39, 0.29) is 17.2 Å². The first-order chi connectivity index (χ1) is 15.7.